The first kappa shape index (κ1) is 15.5. The topological polar surface area (TPSA) is 46.9 Å². The number of hydrogen-bond acceptors (Lipinski definition) is 2. The van der Waals surface area contributed by atoms with Gasteiger partial charge in [0.2, 0.25) is 5.95 Å². The standard InChI is InChI=1S/C17H15ClFN3O/c1-2-10-22-14-9-4-3-8-13(14)20-17(22)21-16(23)15-11(18)6-5-7-12(15)19/h3-9H,2,10H2,1H3,(H,20,21,23). The van der Waals surface area contributed by atoms with Gasteiger partial charge in [0.15, 0.2) is 0 Å². The molecule has 1 aromatic heterocycles. The second-order valence-electron chi connectivity index (χ2n) is 5.13. The molecular formula is C17H15ClFN3O. The summed E-state index contributed by atoms with van der Waals surface area (Å²) in [6.45, 7) is 2.73. The molecule has 0 unspecified atom stereocenters. The normalized spacial score (nSPS) is 10.9. The summed E-state index contributed by atoms with van der Waals surface area (Å²) in [6.07, 6.45) is 0.879. The van der Waals surface area contributed by atoms with E-state index >= 15 is 0 Å². The van der Waals surface area contributed by atoms with Crippen LogP contribution in [-0.4, -0.2) is 15.5 Å². The van der Waals surface area contributed by atoms with Crippen LogP contribution in [0.5, 0.6) is 0 Å². The fraction of sp³-hybridized carbons (Fsp3) is 0.176. The number of halogens is 2. The third-order valence-electron chi connectivity index (χ3n) is 3.52. The Kier molecular flexibility index (Phi) is 4.30. The molecular weight excluding hydrogens is 317 g/mol. The van der Waals surface area contributed by atoms with Crippen LogP contribution < -0.4 is 5.32 Å². The van der Waals surface area contributed by atoms with Gasteiger partial charge in [0, 0.05) is 6.54 Å². The van der Waals surface area contributed by atoms with E-state index in [1.165, 1.54) is 18.2 Å². The van der Waals surface area contributed by atoms with Crippen molar-refractivity contribution in [3.63, 3.8) is 0 Å². The predicted molar refractivity (Wildman–Crippen MR) is 89.4 cm³/mol. The molecule has 118 valence electrons. The van der Waals surface area contributed by atoms with E-state index in [9.17, 15) is 9.18 Å². The maximum Gasteiger partial charge on any atom is 0.262 e. The monoisotopic (exact) mass is 331 g/mol. The van der Waals surface area contributed by atoms with Crippen LogP contribution in [0.2, 0.25) is 5.02 Å². The molecule has 1 N–H and O–H groups in total. The van der Waals surface area contributed by atoms with E-state index in [-0.39, 0.29) is 10.6 Å². The fourth-order valence-corrected chi connectivity index (χ4v) is 2.75. The molecule has 0 aliphatic rings. The smallest absolute Gasteiger partial charge is 0.262 e. The molecule has 0 saturated heterocycles. The zero-order valence-electron chi connectivity index (χ0n) is 12.5. The van der Waals surface area contributed by atoms with E-state index in [0.29, 0.717) is 12.5 Å². The Hall–Kier alpha value is -2.40. The molecule has 0 saturated carbocycles. The van der Waals surface area contributed by atoms with E-state index in [1.54, 1.807) is 0 Å². The average Bonchev–Trinajstić information content (AvgIpc) is 2.85. The molecule has 0 radical (unpaired) electrons. The van der Waals surface area contributed by atoms with Gasteiger partial charge in [0.25, 0.3) is 5.91 Å². The van der Waals surface area contributed by atoms with Crippen molar-refractivity contribution in [3.05, 3.63) is 58.9 Å². The molecule has 0 bridgehead atoms. The van der Waals surface area contributed by atoms with E-state index in [1.807, 2.05) is 35.8 Å². The number of rotatable bonds is 4. The number of amides is 1. The molecule has 3 rings (SSSR count). The average molecular weight is 332 g/mol. The van der Waals surface area contributed by atoms with Crippen molar-refractivity contribution in [1.29, 1.82) is 0 Å². The van der Waals surface area contributed by atoms with Crippen LogP contribution in [0.1, 0.15) is 23.7 Å². The van der Waals surface area contributed by atoms with E-state index in [4.69, 9.17) is 11.6 Å². The number of anilines is 1. The van der Waals surface area contributed by atoms with Crippen LogP contribution in [0.4, 0.5) is 10.3 Å². The molecule has 0 spiro atoms. The summed E-state index contributed by atoms with van der Waals surface area (Å²) in [4.78, 5) is 16.8. The lowest BCUT2D eigenvalue weighted by Crippen LogP contribution is -2.18. The number of carbonyl (C=O) groups excluding carboxylic acids is 1. The summed E-state index contributed by atoms with van der Waals surface area (Å²) in [5, 5.41) is 2.74. The van der Waals surface area contributed by atoms with Gasteiger partial charge in [-0.25, -0.2) is 9.37 Å². The van der Waals surface area contributed by atoms with Gasteiger partial charge in [-0.3, -0.25) is 10.1 Å². The van der Waals surface area contributed by atoms with Gasteiger partial charge in [0.05, 0.1) is 21.6 Å². The third-order valence-corrected chi connectivity index (χ3v) is 3.83. The van der Waals surface area contributed by atoms with Crippen molar-refractivity contribution in [2.24, 2.45) is 0 Å². The number of hydrogen-bond donors (Lipinski definition) is 1. The van der Waals surface area contributed by atoms with Gasteiger partial charge >= 0.3 is 0 Å². The second kappa shape index (κ2) is 6.38. The Morgan fingerprint density at radius 3 is 2.78 bits per heavy atom. The largest absolute Gasteiger partial charge is 0.310 e. The summed E-state index contributed by atoms with van der Waals surface area (Å²) in [7, 11) is 0. The second-order valence-corrected chi connectivity index (χ2v) is 5.53. The number of aromatic nitrogens is 2. The maximum absolute atomic E-state index is 13.9. The van der Waals surface area contributed by atoms with Gasteiger partial charge in [-0.15, -0.1) is 0 Å². The molecule has 1 amide bonds. The van der Waals surface area contributed by atoms with Crippen molar-refractivity contribution in [3.8, 4) is 0 Å². The number of carbonyl (C=O) groups is 1. The Balaban J connectivity index is 2.01. The Labute approximate surface area is 137 Å². The first-order chi connectivity index (χ1) is 11.1. The van der Waals surface area contributed by atoms with Crippen molar-refractivity contribution in [2.75, 3.05) is 5.32 Å². The Bertz CT molecular complexity index is 855. The predicted octanol–water partition coefficient (Wildman–Crippen LogP) is 4.49. The minimum atomic E-state index is -0.659. The summed E-state index contributed by atoms with van der Waals surface area (Å²) in [5.74, 6) is -0.883. The first-order valence-electron chi connectivity index (χ1n) is 7.32. The highest BCUT2D eigenvalue weighted by Crippen LogP contribution is 2.23. The van der Waals surface area contributed by atoms with Gasteiger partial charge in [-0.1, -0.05) is 36.7 Å². The molecule has 1 heterocycles. The van der Waals surface area contributed by atoms with Crippen molar-refractivity contribution < 1.29 is 9.18 Å². The minimum Gasteiger partial charge on any atom is -0.310 e. The molecule has 23 heavy (non-hydrogen) atoms. The zero-order valence-corrected chi connectivity index (χ0v) is 13.3. The van der Waals surface area contributed by atoms with Gasteiger partial charge in [-0.05, 0) is 30.7 Å². The van der Waals surface area contributed by atoms with Crippen LogP contribution in [0, 0.1) is 5.82 Å². The summed E-state index contributed by atoms with van der Waals surface area (Å²) >= 11 is 5.94. The quantitative estimate of drug-likeness (QED) is 0.765. The number of para-hydroxylation sites is 2. The minimum absolute atomic E-state index is 0.0700. The molecule has 0 fully saturated rings. The van der Waals surface area contributed by atoms with Crippen LogP contribution >= 0.6 is 11.6 Å². The Morgan fingerprint density at radius 2 is 2.04 bits per heavy atom. The molecule has 0 atom stereocenters. The molecule has 6 heteroatoms. The maximum atomic E-state index is 13.9. The number of imidazole rings is 1. The number of benzene rings is 2. The zero-order chi connectivity index (χ0) is 16.4. The SMILES string of the molecule is CCCn1c(NC(=O)c2c(F)cccc2Cl)nc2ccccc21. The van der Waals surface area contributed by atoms with E-state index in [0.717, 1.165) is 17.5 Å². The lowest BCUT2D eigenvalue weighted by atomic mass is 10.2. The fourth-order valence-electron chi connectivity index (χ4n) is 2.50. The van der Waals surface area contributed by atoms with Crippen molar-refractivity contribution in [1.82, 2.24) is 9.55 Å². The van der Waals surface area contributed by atoms with Gasteiger partial charge in [0.1, 0.15) is 5.82 Å². The van der Waals surface area contributed by atoms with Crippen LogP contribution in [0.15, 0.2) is 42.5 Å². The number of nitrogens with one attached hydrogen (secondary N) is 1. The van der Waals surface area contributed by atoms with Gasteiger partial charge in [-0.2, -0.15) is 0 Å². The Morgan fingerprint density at radius 1 is 1.26 bits per heavy atom. The molecule has 0 aliphatic heterocycles. The van der Waals surface area contributed by atoms with Crippen LogP contribution in [-0.2, 0) is 6.54 Å². The van der Waals surface area contributed by atoms with E-state index in [2.05, 4.69) is 10.3 Å². The number of fused-ring (bicyclic) bond motifs is 1. The van der Waals surface area contributed by atoms with Gasteiger partial charge < -0.3 is 4.57 Å². The summed E-state index contributed by atoms with van der Waals surface area (Å²) in [5.41, 5.74) is 1.52. The van der Waals surface area contributed by atoms with Crippen LogP contribution in [0.3, 0.4) is 0 Å². The molecule has 4 nitrogen and oxygen atoms in total. The van der Waals surface area contributed by atoms with Crippen molar-refractivity contribution >= 4 is 34.5 Å². The number of nitrogens with zero attached hydrogens (tertiary/aromatic N) is 2. The van der Waals surface area contributed by atoms with Crippen molar-refractivity contribution in [2.45, 2.75) is 19.9 Å². The molecule has 3 aromatic rings. The number of aryl methyl sites for hydroxylation is 1. The van der Waals surface area contributed by atoms with Crippen LogP contribution in [0.25, 0.3) is 11.0 Å². The highest BCUT2D eigenvalue weighted by Gasteiger charge is 2.19. The summed E-state index contributed by atoms with van der Waals surface area (Å²) in [6, 6.07) is 11.7. The lowest BCUT2D eigenvalue weighted by Gasteiger charge is -2.10. The van der Waals surface area contributed by atoms with E-state index < -0.39 is 11.7 Å². The molecule has 0 aliphatic carbocycles. The summed E-state index contributed by atoms with van der Waals surface area (Å²) < 4.78 is 15.8. The first-order valence-corrected chi connectivity index (χ1v) is 7.70. The molecule has 2 aromatic carbocycles. The lowest BCUT2D eigenvalue weighted by molar-refractivity contribution is 0.102. The highest BCUT2D eigenvalue weighted by atomic mass is 35.5. The highest BCUT2D eigenvalue weighted by molar-refractivity contribution is 6.34. The third kappa shape index (κ3) is 2.92.